The summed E-state index contributed by atoms with van der Waals surface area (Å²) in [6, 6.07) is -1.46. The normalized spacial score (nSPS) is 20.9. The second-order valence-electron chi connectivity index (χ2n) is 4.42. The molecule has 0 spiro atoms. The minimum Gasteiger partial charge on any atom is -0.480 e. The number of amides is 1. The second kappa shape index (κ2) is 5.18. The summed E-state index contributed by atoms with van der Waals surface area (Å²) < 4.78 is 0. The van der Waals surface area contributed by atoms with Crippen LogP contribution in [0.1, 0.15) is 18.5 Å². The average Bonchev–Trinajstić information content (AvgIpc) is 2.97. The van der Waals surface area contributed by atoms with Crippen molar-refractivity contribution in [3.05, 3.63) is 18.2 Å². The predicted octanol–water partition coefficient (Wildman–Crippen LogP) is -0.645. The Morgan fingerprint density at radius 1 is 1.67 bits per heavy atom. The van der Waals surface area contributed by atoms with E-state index in [0.717, 1.165) is 5.69 Å². The Hall–Kier alpha value is -1.89. The molecule has 98 valence electrons. The molecule has 1 fully saturated rings. The number of carbonyl (C=O) groups excluding carboxylic acids is 1. The Morgan fingerprint density at radius 3 is 3.06 bits per heavy atom. The zero-order chi connectivity index (χ0) is 13.1. The molecular weight excluding hydrogens is 236 g/mol. The van der Waals surface area contributed by atoms with Gasteiger partial charge >= 0.3 is 5.97 Å². The molecule has 1 aromatic heterocycles. The van der Waals surface area contributed by atoms with E-state index in [-0.39, 0.29) is 5.91 Å². The number of nitrogens with zero attached hydrogens (tertiary/aromatic N) is 2. The van der Waals surface area contributed by atoms with Gasteiger partial charge in [0.1, 0.15) is 6.04 Å². The summed E-state index contributed by atoms with van der Waals surface area (Å²) in [6.45, 7) is 0.465. The molecule has 0 radical (unpaired) electrons. The molecule has 0 unspecified atom stereocenters. The summed E-state index contributed by atoms with van der Waals surface area (Å²) in [5.74, 6) is -1.27. The third-order valence-corrected chi connectivity index (χ3v) is 3.13. The summed E-state index contributed by atoms with van der Waals surface area (Å²) in [6.07, 6.45) is 4.66. The van der Waals surface area contributed by atoms with Crippen molar-refractivity contribution in [1.29, 1.82) is 0 Å². The summed E-state index contributed by atoms with van der Waals surface area (Å²) >= 11 is 0. The van der Waals surface area contributed by atoms with E-state index in [2.05, 4.69) is 9.97 Å². The average molecular weight is 252 g/mol. The molecule has 1 aromatic rings. The summed E-state index contributed by atoms with van der Waals surface area (Å²) in [7, 11) is 0. The van der Waals surface area contributed by atoms with Gasteiger partial charge in [-0.25, -0.2) is 9.78 Å². The van der Waals surface area contributed by atoms with Crippen LogP contribution in [0, 0.1) is 0 Å². The molecule has 0 aliphatic carbocycles. The first-order chi connectivity index (χ1) is 8.59. The van der Waals surface area contributed by atoms with Crippen molar-refractivity contribution in [3.8, 4) is 0 Å². The van der Waals surface area contributed by atoms with Crippen molar-refractivity contribution < 1.29 is 14.7 Å². The van der Waals surface area contributed by atoms with Crippen molar-refractivity contribution in [2.75, 3.05) is 6.54 Å². The van der Waals surface area contributed by atoms with Crippen LogP contribution in [-0.2, 0) is 16.0 Å². The fourth-order valence-corrected chi connectivity index (χ4v) is 2.22. The van der Waals surface area contributed by atoms with Gasteiger partial charge in [0.25, 0.3) is 0 Å². The lowest BCUT2D eigenvalue weighted by Gasteiger charge is -2.24. The van der Waals surface area contributed by atoms with Gasteiger partial charge in [-0.3, -0.25) is 4.79 Å². The number of hydrogen-bond donors (Lipinski definition) is 3. The van der Waals surface area contributed by atoms with E-state index >= 15 is 0 Å². The van der Waals surface area contributed by atoms with Crippen LogP contribution in [0.15, 0.2) is 12.5 Å². The molecule has 1 aliphatic rings. The van der Waals surface area contributed by atoms with Crippen LogP contribution in [-0.4, -0.2) is 50.5 Å². The van der Waals surface area contributed by atoms with Gasteiger partial charge in [-0.1, -0.05) is 0 Å². The number of carboxylic acid groups (broad SMARTS) is 1. The van der Waals surface area contributed by atoms with Crippen molar-refractivity contribution in [1.82, 2.24) is 14.9 Å². The first-order valence-electron chi connectivity index (χ1n) is 5.85. The monoisotopic (exact) mass is 252 g/mol. The van der Waals surface area contributed by atoms with Crippen LogP contribution in [0.3, 0.4) is 0 Å². The number of nitrogens with two attached hydrogens (primary N) is 1. The van der Waals surface area contributed by atoms with Crippen molar-refractivity contribution in [2.24, 2.45) is 5.73 Å². The van der Waals surface area contributed by atoms with Gasteiger partial charge in [-0.05, 0) is 12.8 Å². The van der Waals surface area contributed by atoms with E-state index in [1.54, 1.807) is 6.20 Å². The number of H-pyrrole nitrogens is 1. The number of carbonyl (C=O) groups is 2. The molecule has 18 heavy (non-hydrogen) atoms. The van der Waals surface area contributed by atoms with E-state index in [4.69, 9.17) is 10.8 Å². The molecule has 2 heterocycles. The minimum atomic E-state index is -0.963. The van der Waals surface area contributed by atoms with Gasteiger partial charge in [0, 0.05) is 24.9 Å². The number of imidazole rings is 1. The standard InChI is InChI=1S/C11H16N4O3/c12-8(4-7-5-13-6-14-7)10(16)15-3-1-2-9(15)11(17)18/h5-6,8-9H,1-4,12H2,(H,13,14)(H,17,18)/t8-,9+/m1/s1. The van der Waals surface area contributed by atoms with Gasteiger partial charge in [0.2, 0.25) is 5.91 Å². The van der Waals surface area contributed by atoms with Crippen LogP contribution in [0.25, 0.3) is 0 Å². The second-order valence-corrected chi connectivity index (χ2v) is 4.42. The number of nitrogens with one attached hydrogen (secondary N) is 1. The number of rotatable bonds is 4. The molecule has 4 N–H and O–H groups in total. The largest absolute Gasteiger partial charge is 0.480 e. The number of likely N-dealkylation sites (tertiary alicyclic amines) is 1. The lowest BCUT2D eigenvalue weighted by Crippen LogP contribution is -2.49. The van der Waals surface area contributed by atoms with E-state index < -0.39 is 18.1 Å². The Kier molecular flexibility index (Phi) is 3.61. The maximum absolute atomic E-state index is 12.1. The maximum atomic E-state index is 12.1. The molecular formula is C11H16N4O3. The summed E-state index contributed by atoms with van der Waals surface area (Å²) in [4.78, 5) is 31.2. The van der Waals surface area contributed by atoms with Gasteiger partial charge in [0.15, 0.2) is 0 Å². The van der Waals surface area contributed by atoms with E-state index in [0.29, 0.717) is 25.8 Å². The fraction of sp³-hybridized carbons (Fsp3) is 0.545. The zero-order valence-corrected chi connectivity index (χ0v) is 9.87. The lowest BCUT2D eigenvalue weighted by atomic mass is 10.1. The lowest BCUT2D eigenvalue weighted by molar-refractivity contribution is -0.148. The number of aliphatic carboxylic acids is 1. The first kappa shape index (κ1) is 12.6. The van der Waals surface area contributed by atoms with E-state index in [1.165, 1.54) is 11.2 Å². The highest BCUT2D eigenvalue weighted by atomic mass is 16.4. The molecule has 2 rings (SSSR count). The Morgan fingerprint density at radius 2 is 2.44 bits per heavy atom. The smallest absolute Gasteiger partial charge is 0.326 e. The molecule has 0 bridgehead atoms. The van der Waals surface area contributed by atoms with Crippen molar-refractivity contribution in [2.45, 2.75) is 31.3 Å². The van der Waals surface area contributed by atoms with Crippen LogP contribution in [0.2, 0.25) is 0 Å². The molecule has 1 saturated heterocycles. The topological polar surface area (TPSA) is 112 Å². The molecule has 0 saturated carbocycles. The predicted molar refractivity (Wildman–Crippen MR) is 62.6 cm³/mol. The highest BCUT2D eigenvalue weighted by Gasteiger charge is 2.36. The SMILES string of the molecule is N[C@H](Cc1cnc[nH]1)C(=O)N1CCC[C@H]1C(=O)O. The van der Waals surface area contributed by atoms with Crippen LogP contribution < -0.4 is 5.73 Å². The summed E-state index contributed by atoms with van der Waals surface area (Å²) in [5.41, 5.74) is 6.58. The Labute approximate surface area is 104 Å². The Balaban J connectivity index is 1.99. The highest BCUT2D eigenvalue weighted by Crippen LogP contribution is 2.18. The molecule has 1 amide bonds. The molecule has 7 nitrogen and oxygen atoms in total. The molecule has 0 aromatic carbocycles. The van der Waals surface area contributed by atoms with Gasteiger partial charge < -0.3 is 20.7 Å². The van der Waals surface area contributed by atoms with Gasteiger partial charge in [-0.2, -0.15) is 0 Å². The number of hydrogen-bond acceptors (Lipinski definition) is 4. The van der Waals surface area contributed by atoms with Gasteiger partial charge in [-0.15, -0.1) is 0 Å². The minimum absolute atomic E-state index is 0.311. The van der Waals surface area contributed by atoms with E-state index in [1.807, 2.05) is 0 Å². The quantitative estimate of drug-likeness (QED) is 0.659. The van der Waals surface area contributed by atoms with Crippen molar-refractivity contribution >= 4 is 11.9 Å². The molecule has 2 atom stereocenters. The van der Waals surface area contributed by atoms with Crippen molar-refractivity contribution in [3.63, 3.8) is 0 Å². The van der Waals surface area contributed by atoms with Crippen LogP contribution >= 0.6 is 0 Å². The van der Waals surface area contributed by atoms with Gasteiger partial charge in [0.05, 0.1) is 12.4 Å². The highest BCUT2D eigenvalue weighted by molar-refractivity contribution is 5.87. The Bertz CT molecular complexity index is 432. The molecule has 7 heteroatoms. The number of aromatic nitrogens is 2. The third kappa shape index (κ3) is 2.51. The maximum Gasteiger partial charge on any atom is 0.326 e. The molecule has 1 aliphatic heterocycles. The number of carboxylic acids is 1. The first-order valence-corrected chi connectivity index (χ1v) is 5.85. The summed E-state index contributed by atoms with van der Waals surface area (Å²) in [5, 5.41) is 9.02. The zero-order valence-electron chi connectivity index (χ0n) is 9.87. The number of aromatic amines is 1. The van der Waals surface area contributed by atoms with Crippen LogP contribution in [0.4, 0.5) is 0 Å². The van der Waals surface area contributed by atoms with E-state index in [9.17, 15) is 9.59 Å². The third-order valence-electron chi connectivity index (χ3n) is 3.13. The fourth-order valence-electron chi connectivity index (χ4n) is 2.22. The van der Waals surface area contributed by atoms with Crippen LogP contribution in [0.5, 0.6) is 0 Å².